The number of methoxy groups -OCH3 is 2. The molecule has 0 fully saturated rings. The number of anilines is 1. The van der Waals surface area contributed by atoms with Crippen molar-refractivity contribution >= 4 is 45.6 Å². The molecule has 29 heavy (non-hydrogen) atoms. The first-order valence-corrected chi connectivity index (χ1v) is 9.07. The smallest absolute Gasteiger partial charge is 0.175 e. The van der Waals surface area contributed by atoms with Crippen molar-refractivity contribution in [1.29, 1.82) is 0 Å². The van der Waals surface area contributed by atoms with E-state index < -0.39 is 5.23 Å². The van der Waals surface area contributed by atoms with Crippen LogP contribution in [0.4, 0.5) is 11.4 Å². The highest BCUT2D eigenvalue weighted by Crippen LogP contribution is 2.40. The van der Waals surface area contributed by atoms with Crippen molar-refractivity contribution in [2.24, 2.45) is 0 Å². The first-order valence-electron chi connectivity index (χ1n) is 9.07. The maximum atomic E-state index is 11.9. The van der Waals surface area contributed by atoms with Crippen LogP contribution in [0.2, 0.25) is 0 Å². The highest BCUT2D eigenvalue weighted by molar-refractivity contribution is 6.13. The van der Waals surface area contributed by atoms with Gasteiger partial charge in [0.2, 0.25) is 0 Å². The molecule has 1 aromatic heterocycles. The molecule has 1 unspecified atom stereocenters. The molecule has 158 valence electrons. The number of quaternary nitrogens is 1. The lowest BCUT2D eigenvalue weighted by Crippen LogP contribution is -2.99. The van der Waals surface area contributed by atoms with E-state index in [1.807, 2.05) is 32.3 Å². The summed E-state index contributed by atoms with van der Waals surface area (Å²) in [6, 6.07) is 8.83. The molecule has 1 atom stereocenters. The van der Waals surface area contributed by atoms with Gasteiger partial charge in [-0.25, -0.2) is 10.2 Å². The minimum atomic E-state index is -1.01. The molecule has 3 rings (SSSR count). The number of pyridine rings is 1. The molecule has 3 N–H and O–H groups in total. The van der Waals surface area contributed by atoms with E-state index in [0.29, 0.717) is 34.5 Å². The predicted molar refractivity (Wildman–Crippen MR) is 117 cm³/mol. The Morgan fingerprint density at radius 3 is 2.41 bits per heavy atom. The van der Waals surface area contributed by atoms with Gasteiger partial charge in [-0.05, 0) is 39.2 Å². The largest absolute Gasteiger partial charge is 0.595 e. The molecule has 3 aromatic rings. The van der Waals surface area contributed by atoms with E-state index in [2.05, 4.69) is 10.2 Å². The number of halogens is 1. The van der Waals surface area contributed by atoms with Crippen LogP contribution in [0.5, 0.6) is 11.5 Å². The van der Waals surface area contributed by atoms with Gasteiger partial charge in [-0.3, -0.25) is 0 Å². The van der Waals surface area contributed by atoms with E-state index in [9.17, 15) is 10.4 Å². The fourth-order valence-corrected chi connectivity index (χ4v) is 3.32. The first-order chi connectivity index (χ1) is 13.5. The van der Waals surface area contributed by atoms with Gasteiger partial charge < -0.3 is 24.9 Å². The number of aromatic nitrogens is 1. The number of nitrogens with zero attached hydrogens (tertiary/aromatic N) is 2. The summed E-state index contributed by atoms with van der Waals surface area (Å²) >= 11 is 0. The van der Waals surface area contributed by atoms with Crippen molar-refractivity contribution in [3.8, 4) is 11.5 Å². The third-order valence-electron chi connectivity index (χ3n) is 4.64. The van der Waals surface area contributed by atoms with Crippen LogP contribution < -0.4 is 20.0 Å². The lowest BCUT2D eigenvalue weighted by atomic mass is 10.0. The van der Waals surface area contributed by atoms with E-state index in [1.165, 1.54) is 0 Å². The second-order valence-corrected chi connectivity index (χ2v) is 6.77. The zero-order valence-electron chi connectivity index (χ0n) is 17.0. The van der Waals surface area contributed by atoms with E-state index in [0.717, 1.165) is 24.0 Å². The highest BCUT2D eigenvalue weighted by Gasteiger charge is 2.21. The number of hydrogen-bond donors (Lipinski definition) is 3. The molecule has 0 saturated heterocycles. The third kappa shape index (κ3) is 4.63. The summed E-state index contributed by atoms with van der Waals surface area (Å²) in [6.07, 6.45) is 0.911. The summed E-state index contributed by atoms with van der Waals surface area (Å²) < 4.78 is 11.0. The maximum absolute atomic E-state index is 11.9. The summed E-state index contributed by atoms with van der Waals surface area (Å²) in [5.74, 6) is 1.14. The average molecular weight is 423 g/mol. The van der Waals surface area contributed by atoms with Crippen LogP contribution in [-0.4, -0.2) is 56.5 Å². The van der Waals surface area contributed by atoms with Gasteiger partial charge in [0.15, 0.2) is 5.69 Å². The molecule has 2 aromatic carbocycles. The van der Waals surface area contributed by atoms with Crippen molar-refractivity contribution in [2.75, 3.05) is 46.7 Å². The second-order valence-electron chi connectivity index (χ2n) is 6.77. The Morgan fingerprint density at radius 2 is 1.79 bits per heavy atom. The van der Waals surface area contributed by atoms with Gasteiger partial charge in [-0.2, -0.15) is 5.23 Å². The Hall–Kier alpha value is -2.36. The minimum absolute atomic E-state index is 0. The Bertz CT molecular complexity index is 982. The summed E-state index contributed by atoms with van der Waals surface area (Å²) in [5, 5.41) is 25.5. The summed E-state index contributed by atoms with van der Waals surface area (Å²) in [7, 11) is 7.19. The fraction of sp³-hybridized carbons (Fsp3) is 0.350. The number of fused-ring (bicyclic) bond motifs is 2. The molecule has 8 nitrogen and oxygen atoms in total. The van der Waals surface area contributed by atoms with Crippen molar-refractivity contribution in [2.45, 2.75) is 6.42 Å². The van der Waals surface area contributed by atoms with Crippen LogP contribution in [0.15, 0.2) is 30.3 Å². The maximum Gasteiger partial charge on any atom is 0.175 e. The van der Waals surface area contributed by atoms with E-state index >= 15 is 0 Å². The molecule has 0 spiro atoms. The van der Waals surface area contributed by atoms with Crippen LogP contribution in [0.1, 0.15) is 6.42 Å². The number of ether oxygens (including phenoxy) is 2. The van der Waals surface area contributed by atoms with Crippen molar-refractivity contribution in [1.82, 2.24) is 9.88 Å². The molecule has 0 bridgehead atoms. The van der Waals surface area contributed by atoms with Gasteiger partial charge in [0, 0.05) is 18.0 Å². The SMILES string of the molecule is COc1cccc2c(NCCCN(C)C)c3c([NH+]([O-])O)ccc(OC)c3nc12.Cl. The molecule has 0 aliphatic heterocycles. The quantitative estimate of drug-likeness (QED) is 0.292. The van der Waals surface area contributed by atoms with E-state index in [1.54, 1.807) is 26.4 Å². The Labute approximate surface area is 176 Å². The summed E-state index contributed by atoms with van der Waals surface area (Å²) in [4.78, 5) is 6.83. The van der Waals surface area contributed by atoms with Crippen molar-refractivity contribution < 1.29 is 19.9 Å². The number of rotatable bonds is 8. The topological polar surface area (TPSA) is 94.4 Å². The molecule has 9 heteroatoms. The second kappa shape index (κ2) is 9.91. The number of hydrogen-bond acceptors (Lipinski definition) is 7. The summed E-state index contributed by atoms with van der Waals surface area (Å²) in [6.45, 7) is 1.62. The number of nitrogens with one attached hydrogen (secondary N) is 2. The number of para-hydroxylation sites is 1. The fourth-order valence-electron chi connectivity index (χ4n) is 3.32. The predicted octanol–water partition coefficient (Wildman–Crippen LogP) is 2.59. The minimum Gasteiger partial charge on any atom is -0.595 e. The Morgan fingerprint density at radius 1 is 1.10 bits per heavy atom. The van der Waals surface area contributed by atoms with E-state index in [4.69, 9.17) is 14.5 Å². The third-order valence-corrected chi connectivity index (χ3v) is 4.64. The lowest BCUT2D eigenvalue weighted by Gasteiger charge is -2.20. The highest BCUT2D eigenvalue weighted by atomic mass is 35.5. The van der Waals surface area contributed by atoms with Gasteiger partial charge in [0.25, 0.3) is 0 Å². The molecule has 0 radical (unpaired) electrons. The Kier molecular flexibility index (Phi) is 7.83. The average Bonchev–Trinajstić information content (AvgIpc) is 2.68. The Balaban J connectivity index is 0.00000300. The van der Waals surface area contributed by atoms with Crippen LogP contribution in [-0.2, 0) is 0 Å². The summed E-state index contributed by atoms with van der Waals surface area (Å²) in [5.41, 5.74) is 2.07. The monoisotopic (exact) mass is 422 g/mol. The zero-order chi connectivity index (χ0) is 20.3. The van der Waals surface area contributed by atoms with Crippen molar-refractivity contribution in [3.63, 3.8) is 0 Å². The van der Waals surface area contributed by atoms with Crippen LogP contribution >= 0.6 is 12.4 Å². The number of benzene rings is 2. The van der Waals surface area contributed by atoms with Crippen molar-refractivity contribution in [3.05, 3.63) is 35.5 Å². The first kappa shape index (κ1) is 22.9. The van der Waals surface area contributed by atoms with Gasteiger partial charge in [-0.15, -0.1) is 12.4 Å². The molecule has 0 aliphatic rings. The van der Waals surface area contributed by atoms with Gasteiger partial charge in [-0.1, -0.05) is 12.1 Å². The van der Waals surface area contributed by atoms with Crippen LogP contribution in [0.25, 0.3) is 21.8 Å². The molecule has 0 amide bonds. The molecular weight excluding hydrogens is 396 g/mol. The lowest BCUT2D eigenvalue weighted by molar-refractivity contribution is -0.990. The molecule has 0 saturated carbocycles. The molecule has 0 aliphatic carbocycles. The van der Waals surface area contributed by atoms with Crippen LogP contribution in [0, 0.1) is 5.21 Å². The standard InChI is InChI=1S/C20H26N4O4.ClH/c1-23(2)12-6-11-21-19-13-7-5-8-15(27-3)18(13)22-20-16(28-4)10-9-14(17(19)20)24(25)26;/h5,7-10,24-25H,6,11-12H2,1-4H3,(H,21,22);1H. The molecule has 1 heterocycles. The van der Waals surface area contributed by atoms with E-state index in [-0.39, 0.29) is 18.1 Å². The van der Waals surface area contributed by atoms with Gasteiger partial charge in [0.05, 0.1) is 25.3 Å². The zero-order valence-corrected chi connectivity index (χ0v) is 17.8. The van der Waals surface area contributed by atoms with Crippen LogP contribution in [0.3, 0.4) is 0 Å². The molecular formula is C20H27ClN4O4. The van der Waals surface area contributed by atoms with Gasteiger partial charge in [0.1, 0.15) is 22.5 Å². The van der Waals surface area contributed by atoms with Gasteiger partial charge >= 0.3 is 0 Å². The normalized spacial score (nSPS) is 12.1.